The van der Waals surface area contributed by atoms with Crippen molar-refractivity contribution in [3.8, 4) is 28.4 Å². The minimum atomic E-state index is -0.316. The molecule has 0 atom stereocenters. The SMILES string of the molecule is Cc1ccc(-c2nn(-c3cccc(F)c3)c3c2cnc2cc4c(cc23)OCO4)cc1. The number of fused-ring (bicyclic) bond motifs is 4. The van der Waals surface area contributed by atoms with Gasteiger partial charge in [0.15, 0.2) is 11.5 Å². The maximum Gasteiger partial charge on any atom is 0.231 e. The molecule has 0 radical (unpaired) electrons. The molecule has 0 bridgehead atoms. The second-order valence-corrected chi connectivity index (χ2v) is 7.35. The van der Waals surface area contributed by atoms with E-state index in [1.807, 2.05) is 43.5 Å². The van der Waals surface area contributed by atoms with Crippen molar-refractivity contribution in [1.29, 1.82) is 0 Å². The van der Waals surface area contributed by atoms with E-state index < -0.39 is 0 Å². The van der Waals surface area contributed by atoms with Gasteiger partial charge in [-0.2, -0.15) is 5.10 Å². The summed E-state index contributed by atoms with van der Waals surface area (Å²) >= 11 is 0. The quantitative estimate of drug-likeness (QED) is 0.399. The zero-order valence-electron chi connectivity index (χ0n) is 16.1. The lowest BCUT2D eigenvalue weighted by Crippen LogP contribution is -1.98. The number of pyridine rings is 1. The molecule has 0 unspecified atom stereocenters. The third-order valence-corrected chi connectivity index (χ3v) is 5.38. The Morgan fingerprint density at radius 1 is 0.933 bits per heavy atom. The summed E-state index contributed by atoms with van der Waals surface area (Å²) in [5, 5.41) is 6.63. The molecular weight excluding hydrogens is 381 g/mol. The maximum atomic E-state index is 14.0. The molecule has 3 aromatic carbocycles. The minimum absolute atomic E-state index is 0.187. The molecule has 1 aliphatic rings. The normalized spacial score (nSPS) is 12.7. The number of aryl methyl sites for hydroxylation is 1. The van der Waals surface area contributed by atoms with Gasteiger partial charge >= 0.3 is 0 Å². The van der Waals surface area contributed by atoms with E-state index in [1.165, 1.54) is 17.7 Å². The first-order valence-electron chi connectivity index (χ1n) is 9.61. The fraction of sp³-hybridized carbons (Fsp3) is 0.0833. The number of benzene rings is 3. The van der Waals surface area contributed by atoms with Crippen molar-refractivity contribution < 1.29 is 13.9 Å². The first kappa shape index (κ1) is 17.0. The van der Waals surface area contributed by atoms with Gasteiger partial charge in [0.25, 0.3) is 0 Å². The van der Waals surface area contributed by atoms with Gasteiger partial charge in [0.05, 0.1) is 16.7 Å². The Kier molecular flexibility index (Phi) is 3.56. The average molecular weight is 397 g/mol. The number of nitrogens with zero attached hydrogens (tertiary/aromatic N) is 3. The summed E-state index contributed by atoms with van der Waals surface area (Å²) in [4.78, 5) is 4.65. The molecule has 6 heteroatoms. The Morgan fingerprint density at radius 3 is 2.53 bits per heavy atom. The molecule has 3 heterocycles. The van der Waals surface area contributed by atoms with Gasteiger partial charge in [0, 0.05) is 28.6 Å². The lowest BCUT2D eigenvalue weighted by atomic mass is 10.1. The fourth-order valence-electron chi connectivity index (χ4n) is 3.89. The Labute approximate surface area is 171 Å². The monoisotopic (exact) mass is 397 g/mol. The van der Waals surface area contributed by atoms with Crippen LogP contribution in [0.5, 0.6) is 11.5 Å². The van der Waals surface area contributed by atoms with Crippen LogP contribution in [-0.4, -0.2) is 21.6 Å². The summed E-state index contributed by atoms with van der Waals surface area (Å²) in [5.74, 6) is 1.02. The van der Waals surface area contributed by atoms with Gasteiger partial charge in [0.1, 0.15) is 11.5 Å². The Morgan fingerprint density at radius 2 is 1.73 bits per heavy atom. The van der Waals surface area contributed by atoms with Crippen LogP contribution in [0.1, 0.15) is 5.56 Å². The highest BCUT2D eigenvalue weighted by atomic mass is 19.1. The van der Waals surface area contributed by atoms with Gasteiger partial charge in [-0.1, -0.05) is 35.9 Å². The predicted octanol–water partition coefficient (Wildman–Crippen LogP) is 5.42. The van der Waals surface area contributed by atoms with E-state index in [0.29, 0.717) is 17.2 Å². The lowest BCUT2D eigenvalue weighted by Gasteiger charge is -2.07. The number of hydrogen-bond donors (Lipinski definition) is 0. The van der Waals surface area contributed by atoms with E-state index in [1.54, 1.807) is 10.7 Å². The molecule has 6 rings (SSSR count). The van der Waals surface area contributed by atoms with E-state index in [0.717, 1.165) is 33.1 Å². The molecular formula is C24H16FN3O2. The number of hydrogen-bond acceptors (Lipinski definition) is 4. The van der Waals surface area contributed by atoms with Crippen molar-refractivity contribution >= 4 is 21.8 Å². The molecule has 0 N–H and O–H groups in total. The molecule has 146 valence electrons. The van der Waals surface area contributed by atoms with E-state index in [-0.39, 0.29) is 12.6 Å². The van der Waals surface area contributed by atoms with Gasteiger partial charge in [-0.25, -0.2) is 9.07 Å². The van der Waals surface area contributed by atoms with Crippen LogP contribution in [0, 0.1) is 12.7 Å². The zero-order chi connectivity index (χ0) is 20.2. The molecule has 0 fully saturated rings. The molecule has 5 aromatic rings. The van der Waals surface area contributed by atoms with E-state index in [2.05, 4.69) is 17.1 Å². The van der Waals surface area contributed by atoms with E-state index in [4.69, 9.17) is 14.6 Å². The standard InChI is InChI=1S/C24H16FN3O2/c1-14-5-7-15(8-6-14)23-19-12-26-20-11-22-21(29-13-30-22)10-18(20)24(19)28(27-23)17-4-2-3-16(25)9-17/h2-12H,13H2,1H3. The third-order valence-electron chi connectivity index (χ3n) is 5.38. The van der Waals surface area contributed by atoms with Crippen molar-refractivity contribution in [3.63, 3.8) is 0 Å². The highest BCUT2D eigenvalue weighted by molar-refractivity contribution is 6.09. The van der Waals surface area contributed by atoms with E-state index in [9.17, 15) is 4.39 Å². The summed E-state index contributed by atoms with van der Waals surface area (Å²) in [7, 11) is 0. The largest absolute Gasteiger partial charge is 0.454 e. The summed E-state index contributed by atoms with van der Waals surface area (Å²) in [5.41, 5.74) is 5.19. The van der Waals surface area contributed by atoms with Crippen molar-refractivity contribution in [2.24, 2.45) is 0 Å². The van der Waals surface area contributed by atoms with E-state index >= 15 is 0 Å². The molecule has 30 heavy (non-hydrogen) atoms. The molecule has 5 nitrogen and oxygen atoms in total. The molecule has 0 saturated heterocycles. The Hall–Kier alpha value is -3.93. The fourth-order valence-corrected chi connectivity index (χ4v) is 3.89. The van der Waals surface area contributed by atoms with Gasteiger partial charge in [-0.05, 0) is 31.2 Å². The topological polar surface area (TPSA) is 49.2 Å². The lowest BCUT2D eigenvalue weighted by molar-refractivity contribution is 0.174. The predicted molar refractivity (Wildman–Crippen MR) is 113 cm³/mol. The minimum Gasteiger partial charge on any atom is -0.454 e. The Balaban J connectivity index is 1.72. The number of ether oxygens (including phenoxy) is 2. The maximum absolute atomic E-state index is 14.0. The van der Waals surface area contributed by atoms with Crippen LogP contribution in [0.4, 0.5) is 4.39 Å². The van der Waals surface area contributed by atoms with Crippen LogP contribution in [0.25, 0.3) is 38.8 Å². The molecule has 0 saturated carbocycles. The van der Waals surface area contributed by atoms with Crippen LogP contribution in [0.15, 0.2) is 66.9 Å². The van der Waals surface area contributed by atoms with Crippen molar-refractivity contribution in [3.05, 3.63) is 78.2 Å². The molecule has 0 amide bonds. The molecule has 0 spiro atoms. The summed E-state index contributed by atoms with van der Waals surface area (Å²) in [6.45, 7) is 2.23. The van der Waals surface area contributed by atoms with Crippen LogP contribution >= 0.6 is 0 Å². The van der Waals surface area contributed by atoms with Crippen molar-refractivity contribution in [2.75, 3.05) is 6.79 Å². The second kappa shape index (κ2) is 6.29. The average Bonchev–Trinajstić information content (AvgIpc) is 3.37. The summed E-state index contributed by atoms with van der Waals surface area (Å²) in [6.07, 6.45) is 1.82. The number of aromatic nitrogens is 3. The van der Waals surface area contributed by atoms with Crippen LogP contribution in [0.3, 0.4) is 0 Å². The smallest absolute Gasteiger partial charge is 0.231 e. The first-order chi connectivity index (χ1) is 14.7. The molecule has 1 aliphatic heterocycles. The number of rotatable bonds is 2. The second-order valence-electron chi connectivity index (χ2n) is 7.35. The highest BCUT2D eigenvalue weighted by Gasteiger charge is 2.21. The van der Waals surface area contributed by atoms with Gasteiger partial charge in [0.2, 0.25) is 6.79 Å². The number of halogens is 1. The Bertz CT molecular complexity index is 1440. The third kappa shape index (κ3) is 2.54. The van der Waals surface area contributed by atoms with Crippen LogP contribution < -0.4 is 9.47 Å². The van der Waals surface area contributed by atoms with Crippen LogP contribution in [-0.2, 0) is 0 Å². The van der Waals surface area contributed by atoms with Crippen molar-refractivity contribution in [2.45, 2.75) is 6.92 Å². The van der Waals surface area contributed by atoms with Crippen LogP contribution in [0.2, 0.25) is 0 Å². The van der Waals surface area contributed by atoms with Gasteiger partial charge in [-0.3, -0.25) is 4.98 Å². The first-order valence-corrected chi connectivity index (χ1v) is 9.61. The zero-order valence-corrected chi connectivity index (χ0v) is 16.1. The van der Waals surface area contributed by atoms with Crippen molar-refractivity contribution in [1.82, 2.24) is 14.8 Å². The summed E-state index contributed by atoms with van der Waals surface area (Å²) in [6, 6.07) is 18.4. The van der Waals surface area contributed by atoms with Gasteiger partial charge in [-0.15, -0.1) is 0 Å². The molecule has 2 aromatic heterocycles. The van der Waals surface area contributed by atoms with Gasteiger partial charge < -0.3 is 9.47 Å². The summed E-state index contributed by atoms with van der Waals surface area (Å²) < 4.78 is 26.9. The molecule has 0 aliphatic carbocycles. The highest BCUT2D eigenvalue weighted by Crippen LogP contribution is 2.40.